The van der Waals surface area contributed by atoms with Crippen LogP contribution in [-0.2, 0) is 0 Å². The van der Waals surface area contributed by atoms with E-state index in [1.54, 1.807) is 6.92 Å². The number of hydrogen-bond donors (Lipinski definition) is 2. The normalized spacial score (nSPS) is 9.69. The first-order valence-corrected chi connectivity index (χ1v) is 3.92. The van der Waals surface area contributed by atoms with E-state index in [1.807, 2.05) is 0 Å². The first-order chi connectivity index (χ1) is 6.16. The Labute approximate surface area is 75.2 Å². The molecule has 0 spiro atoms. The number of phenolic OH excluding ortho intramolecular Hbond substituents is 1. The predicted molar refractivity (Wildman–Crippen MR) is 46.1 cm³/mol. The van der Waals surface area contributed by atoms with E-state index < -0.39 is 17.5 Å². The minimum atomic E-state index is -0.881. The van der Waals surface area contributed by atoms with Crippen molar-refractivity contribution in [2.45, 2.75) is 6.92 Å². The molecule has 0 atom stereocenters. The van der Waals surface area contributed by atoms with Crippen LogP contribution in [0.1, 0.15) is 17.3 Å². The van der Waals surface area contributed by atoms with E-state index in [-0.39, 0.29) is 5.56 Å². The van der Waals surface area contributed by atoms with Crippen molar-refractivity contribution in [3.8, 4) is 5.75 Å². The first kappa shape index (κ1) is 9.51. The van der Waals surface area contributed by atoms with Gasteiger partial charge in [0.2, 0.25) is 0 Å². The van der Waals surface area contributed by atoms with Crippen molar-refractivity contribution >= 4 is 5.91 Å². The number of hydrogen-bond acceptors (Lipinski definition) is 2. The molecule has 1 amide bonds. The van der Waals surface area contributed by atoms with Gasteiger partial charge in [-0.3, -0.25) is 4.79 Å². The monoisotopic (exact) mass is 183 g/mol. The van der Waals surface area contributed by atoms with E-state index in [9.17, 15) is 9.18 Å². The Morgan fingerprint density at radius 2 is 2.31 bits per heavy atom. The second kappa shape index (κ2) is 3.89. The summed E-state index contributed by atoms with van der Waals surface area (Å²) in [5.41, 5.74) is -0.137. The Kier molecular flexibility index (Phi) is 2.84. The fourth-order valence-corrected chi connectivity index (χ4v) is 0.951. The van der Waals surface area contributed by atoms with E-state index in [2.05, 4.69) is 5.32 Å². The summed E-state index contributed by atoms with van der Waals surface area (Å²) >= 11 is 0. The molecule has 0 radical (unpaired) electrons. The third kappa shape index (κ3) is 1.96. The second-order valence-electron chi connectivity index (χ2n) is 2.50. The molecule has 0 aliphatic rings. The molecule has 3 nitrogen and oxygen atoms in total. The zero-order valence-electron chi connectivity index (χ0n) is 7.17. The number of nitrogens with one attached hydrogen (secondary N) is 1. The number of amides is 1. The molecule has 0 heterocycles. The molecule has 0 saturated carbocycles. The highest BCUT2D eigenvalue weighted by Crippen LogP contribution is 2.18. The van der Waals surface area contributed by atoms with Gasteiger partial charge in [0.05, 0.1) is 5.56 Å². The van der Waals surface area contributed by atoms with Gasteiger partial charge in [0.25, 0.3) is 5.91 Å². The lowest BCUT2D eigenvalue weighted by atomic mass is 10.2. The van der Waals surface area contributed by atoms with Crippen molar-refractivity contribution in [3.05, 3.63) is 29.6 Å². The maximum absolute atomic E-state index is 13.1. The number of carbonyl (C=O) groups is 1. The molecule has 0 saturated heterocycles. The molecule has 0 unspecified atom stereocenters. The molecule has 0 aliphatic heterocycles. The van der Waals surface area contributed by atoms with Crippen LogP contribution in [0.3, 0.4) is 0 Å². The Morgan fingerprint density at radius 3 is 2.92 bits per heavy atom. The number of halogens is 1. The molecule has 13 heavy (non-hydrogen) atoms. The van der Waals surface area contributed by atoms with Crippen molar-refractivity contribution < 1.29 is 14.3 Å². The van der Waals surface area contributed by atoms with Gasteiger partial charge in [0, 0.05) is 6.54 Å². The van der Waals surface area contributed by atoms with Gasteiger partial charge in [-0.2, -0.15) is 0 Å². The van der Waals surface area contributed by atoms with Crippen LogP contribution in [0.5, 0.6) is 5.75 Å². The summed E-state index contributed by atoms with van der Waals surface area (Å²) in [6.07, 6.45) is 0. The van der Waals surface area contributed by atoms with E-state index in [0.717, 1.165) is 0 Å². The zero-order valence-corrected chi connectivity index (χ0v) is 7.17. The van der Waals surface area contributed by atoms with Crippen LogP contribution in [0.25, 0.3) is 0 Å². The van der Waals surface area contributed by atoms with E-state index in [0.29, 0.717) is 6.54 Å². The number of benzene rings is 1. The summed E-state index contributed by atoms with van der Waals surface area (Å²) in [5.74, 6) is -1.91. The standard InChI is InChI=1S/C9H10FNO2/c1-2-11-9(13)6-4-3-5-7(12)8(6)10/h3-5,12H,2H2,1H3,(H,11,13). The predicted octanol–water partition coefficient (Wildman–Crippen LogP) is 1.28. The number of aromatic hydroxyl groups is 1. The van der Waals surface area contributed by atoms with Crippen LogP contribution in [0.15, 0.2) is 18.2 Å². The quantitative estimate of drug-likeness (QED) is 0.725. The minimum absolute atomic E-state index is 0.137. The van der Waals surface area contributed by atoms with Gasteiger partial charge in [-0.05, 0) is 19.1 Å². The Morgan fingerprint density at radius 1 is 1.62 bits per heavy atom. The molecule has 1 aromatic rings. The largest absolute Gasteiger partial charge is 0.505 e. The molecule has 2 N–H and O–H groups in total. The molecule has 0 fully saturated rings. The maximum Gasteiger partial charge on any atom is 0.254 e. The molecular weight excluding hydrogens is 173 g/mol. The summed E-state index contributed by atoms with van der Waals surface area (Å²) in [7, 11) is 0. The molecular formula is C9H10FNO2. The smallest absolute Gasteiger partial charge is 0.254 e. The third-order valence-electron chi connectivity index (χ3n) is 1.56. The van der Waals surface area contributed by atoms with Gasteiger partial charge in [-0.25, -0.2) is 4.39 Å². The van der Waals surface area contributed by atoms with Crippen molar-refractivity contribution in [2.75, 3.05) is 6.54 Å². The third-order valence-corrected chi connectivity index (χ3v) is 1.56. The summed E-state index contributed by atoms with van der Waals surface area (Å²) in [5, 5.41) is 11.4. The van der Waals surface area contributed by atoms with Crippen LogP contribution in [0, 0.1) is 5.82 Å². The average Bonchev–Trinajstić information content (AvgIpc) is 2.10. The van der Waals surface area contributed by atoms with Crippen molar-refractivity contribution in [2.24, 2.45) is 0 Å². The maximum atomic E-state index is 13.1. The van der Waals surface area contributed by atoms with Crippen LogP contribution in [0.2, 0.25) is 0 Å². The SMILES string of the molecule is CCNC(=O)c1cccc(O)c1F. The molecule has 4 heteroatoms. The Bertz CT molecular complexity index is 325. The van der Waals surface area contributed by atoms with E-state index in [1.165, 1.54) is 18.2 Å². The molecule has 0 aromatic heterocycles. The molecule has 1 aromatic carbocycles. The van der Waals surface area contributed by atoms with E-state index >= 15 is 0 Å². The molecule has 70 valence electrons. The van der Waals surface area contributed by atoms with Gasteiger partial charge in [0.15, 0.2) is 11.6 Å². The van der Waals surface area contributed by atoms with Crippen molar-refractivity contribution in [1.29, 1.82) is 0 Å². The highest BCUT2D eigenvalue weighted by molar-refractivity contribution is 5.94. The van der Waals surface area contributed by atoms with Crippen LogP contribution in [0.4, 0.5) is 4.39 Å². The lowest BCUT2D eigenvalue weighted by Crippen LogP contribution is -2.23. The topological polar surface area (TPSA) is 49.3 Å². The highest BCUT2D eigenvalue weighted by Gasteiger charge is 2.12. The van der Waals surface area contributed by atoms with Gasteiger partial charge >= 0.3 is 0 Å². The number of rotatable bonds is 2. The van der Waals surface area contributed by atoms with Crippen LogP contribution in [-0.4, -0.2) is 17.6 Å². The molecule has 0 bridgehead atoms. The first-order valence-electron chi connectivity index (χ1n) is 3.92. The summed E-state index contributed by atoms with van der Waals surface area (Å²) < 4.78 is 13.1. The number of carbonyl (C=O) groups excluding carboxylic acids is 1. The summed E-state index contributed by atoms with van der Waals surface area (Å²) in [6.45, 7) is 2.16. The minimum Gasteiger partial charge on any atom is -0.505 e. The van der Waals surface area contributed by atoms with Crippen LogP contribution < -0.4 is 5.32 Å². The summed E-state index contributed by atoms with van der Waals surface area (Å²) in [6, 6.07) is 3.93. The highest BCUT2D eigenvalue weighted by atomic mass is 19.1. The van der Waals surface area contributed by atoms with Gasteiger partial charge in [0.1, 0.15) is 0 Å². The zero-order chi connectivity index (χ0) is 9.84. The van der Waals surface area contributed by atoms with Crippen molar-refractivity contribution in [1.82, 2.24) is 5.32 Å². The fraction of sp³-hybridized carbons (Fsp3) is 0.222. The average molecular weight is 183 g/mol. The second-order valence-corrected chi connectivity index (χ2v) is 2.50. The molecule has 1 rings (SSSR count). The lowest BCUT2D eigenvalue weighted by molar-refractivity contribution is 0.0951. The van der Waals surface area contributed by atoms with Crippen LogP contribution >= 0.6 is 0 Å². The fourth-order valence-electron chi connectivity index (χ4n) is 0.951. The Balaban J connectivity index is 3.01. The lowest BCUT2D eigenvalue weighted by Gasteiger charge is -2.03. The van der Waals surface area contributed by atoms with Crippen molar-refractivity contribution in [3.63, 3.8) is 0 Å². The molecule has 0 aliphatic carbocycles. The number of phenols is 1. The summed E-state index contributed by atoms with van der Waals surface area (Å²) in [4.78, 5) is 11.2. The van der Waals surface area contributed by atoms with E-state index in [4.69, 9.17) is 5.11 Å². The van der Waals surface area contributed by atoms with Gasteiger partial charge < -0.3 is 10.4 Å². The Hall–Kier alpha value is -1.58. The van der Waals surface area contributed by atoms with Gasteiger partial charge in [-0.15, -0.1) is 0 Å². The van der Waals surface area contributed by atoms with Gasteiger partial charge in [-0.1, -0.05) is 6.07 Å².